The van der Waals surface area contributed by atoms with Gasteiger partial charge in [-0.15, -0.1) is 0 Å². The van der Waals surface area contributed by atoms with Crippen LogP contribution in [0.25, 0.3) is 0 Å². The summed E-state index contributed by atoms with van der Waals surface area (Å²) in [5.74, 6) is -1.99. The van der Waals surface area contributed by atoms with Crippen molar-refractivity contribution in [3.8, 4) is 0 Å². The minimum atomic E-state index is -1.15. The van der Waals surface area contributed by atoms with Crippen molar-refractivity contribution in [2.45, 2.75) is 142 Å². The predicted octanol–water partition coefficient (Wildman–Crippen LogP) is 8.69. The SMILES string of the molecule is CN1C(C)(C)CC2(CC1(C)C)NC(=O)N(CC(CN(CCOC(=O)c1ccc(C(C)(C)C)cc1)CCOC(=O)c1ccc(C(C)(C)C)cc1)OC(=O)c1ccc(C(C)(C)C)cc1)C2=O. The number of imide groups is 1. The number of amides is 3. The van der Waals surface area contributed by atoms with Gasteiger partial charge in [0.05, 0.1) is 23.2 Å². The molecule has 5 rings (SSSR count). The first-order chi connectivity index (χ1) is 29.5. The van der Waals surface area contributed by atoms with Gasteiger partial charge in [-0.25, -0.2) is 19.2 Å². The van der Waals surface area contributed by atoms with Crippen LogP contribution in [0, 0.1) is 0 Å². The van der Waals surface area contributed by atoms with Crippen LogP contribution in [0.5, 0.6) is 0 Å². The number of carbonyl (C=O) groups excluding carboxylic acids is 5. The van der Waals surface area contributed by atoms with E-state index in [4.69, 9.17) is 14.2 Å². The van der Waals surface area contributed by atoms with E-state index in [9.17, 15) is 24.0 Å². The second-order valence-corrected chi connectivity index (χ2v) is 22.0. The number of esters is 3. The molecule has 2 saturated heterocycles. The average molecular weight is 881 g/mol. The van der Waals surface area contributed by atoms with Gasteiger partial charge >= 0.3 is 23.9 Å². The molecule has 348 valence electrons. The van der Waals surface area contributed by atoms with Crippen LogP contribution in [0.1, 0.15) is 151 Å². The Bertz CT molecular complexity index is 2060. The normalized spacial score (nSPS) is 17.9. The number of nitrogens with zero attached hydrogens (tertiary/aromatic N) is 3. The van der Waals surface area contributed by atoms with Gasteiger partial charge in [0.1, 0.15) is 24.9 Å². The second-order valence-electron chi connectivity index (χ2n) is 22.0. The Morgan fingerprint density at radius 1 is 0.625 bits per heavy atom. The molecule has 1 N–H and O–H groups in total. The van der Waals surface area contributed by atoms with Gasteiger partial charge in [0, 0.05) is 30.7 Å². The summed E-state index contributed by atoms with van der Waals surface area (Å²) < 4.78 is 17.7. The van der Waals surface area contributed by atoms with Crippen LogP contribution < -0.4 is 5.32 Å². The maximum Gasteiger partial charge on any atom is 0.338 e. The number of piperidine rings is 1. The quantitative estimate of drug-likeness (QED) is 0.0953. The fraction of sp³-hybridized carbons (Fsp3) is 0.558. The molecule has 1 unspecified atom stereocenters. The van der Waals surface area contributed by atoms with E-state index in [-0.39, 0.29) is 61.5 Å². The third-order valence-electron chi connectivity index (χ3n) is 12.9. The number of nitrogens with one attached hydrogen (secondary N) is 1. The van der Waals surface area contributed by atoms with E-state index in [0.717, 1.165) is 16.7 Å². The third kappa shape index (κ3) is 12.0. The number of urea groups is 1. The highest BCUT2D eigenvalue weighted by molar-refractivity contribution is 6.07. The second kappa shape index (κ2) is 18.8. The highest BCUT2D eigenvalue weighted by atomic mass is 16.5. The van der Waals surface area contributed by atoms with E-state index in [1.54, 1.807) is 36.4 Å². The molecule has 12 nitrogen and oxygen atoms in total. The first-order valence-electron chi connectivity index (χ1n) is 22.5. The zero-order chi connectivity index (χ0) is 47.6. The monoisotopic (exact) mass is 881 g/mol. The van der Waals surface area contributed by atoms with E-state index in [1.165, 1.54) is 4.90 Å². The molecule has 2 fully saturated rings. The van der Waals surface area contributed by atoms with Gasteiger partial charge in [-0.1, -0.05) is 98.7 Å². The van der Waals surface area contributed by atoms with Crippen LogP contribution in [0.2, 0.25) is 0 Å². The van der Waals surface area contributed by atoms with Crippen molar-refractivity contribution < 1.29 is 38.2 Å². The van der Waals surface area contributed by atoms with Crippen LogP contribution in [0.3, 0.4) is 0 Å². The summed E-state index contributed by atoms with van der Waals surface area (Å²) >= 11 is 0. The predicted molar refractivity (Wildman–Crippen MR) is 250 cm³/mol. The molecule has 0 saturated carbocycles. The number of likely N-dealkylation sites (tertiary alicyclic amines) is 1. The number of hydrogen-bond acceptors (Lipinski definition) is 10. The van der Waals surface area contributed by atoms with Crippen LogP contribution in [0.4, 0.5) is 4.79 Å². The number of ether oxygens (including phenoxy) is 3. The minimum absolute atomic E-state index is 0.0191. The maximum atomic E-state index is 14.6. The van der Waals surface area contributed by atoms with Gasteiger partial charge in [0.15, 0.2) is 0 Å². The summed E-state index contributed by atoms with van der Waals surface area (Å²) in [6.45, 7) is 27.1. The van der Waals surface area contributed by atoms with E-state index >= 15 is 0 Å². The number of benzene rings is 3. The standard InChI is InChI=1S/C52H72N4O8/c1-47(2,3)38-21-15-35(16-22-38)42(57)62-29-27-55(28-30-63-43(58)36-17-23-39(24-18-36)48(4,5)6)31-41(64-44(59)37-19-25-40(26-20-37)49(7,8)9)32-56-45(60)52(53-46(56)61)33-50(10,11)54(14)51(12,13)34-52/h15-26,41H,27-34H2,1-14H3,(H,53,61). The summed E-state index contributed by atoms with van der Waals surface area (Å²) in [5.41, 5.74) is 2.05. The molecule has 3 amide bonds. The van der Waals surface area contributed by atoms with Crippen LogP contribution in [-0.2, 0) is 35.3 Å². The first-order valence-corrected chi connectivity index (χ1v) is 22.5. The van der Waals surface area contributed by atoms with Crippen molar-refractivity contribution in [2.75, 3.05) is 46.4 Å². The highest BCUT2D eigenvalue weighted by Gasteiger charge is 2.60. The summed E-state index contributed by atoms with van der Waals surface area (Å²) in [4.78, 5) is 74.1. The zero-order valence-electron chi connectivity index (χ0n) is 40.8. The molecule has 1 spiro atoms. The smallest absolute Gasteiger partial charge is 0.338 e. The summed E-state index contributed by atoms with van der Waals surface area (Å²) in [5, 5.41) is 3.05. The van der Waals surface area contributed by atoms with E-state index in [0.29, 0.717) is 29.5 Å². The van der Waals surface area contributed by atoms with E-state index < -0.39 is 46.7 Å². The van der Waals surface area contributed by atoms with Crippen LogP contribution in [-0.4, -0.2) is 114 Å². The van der Waals surface area contributed by atoms with Gasteiger partial charge < -0.3 is 19.5 Å². The first kappa shape index (κ1) is 49.9. The Labute approximate surface area is 381 Å². The molecule has 2 heterocycles. The fourth-order valence-corrected chi connectivity index (χ4v) is 8.84. The molecular weight excluding hydrogens is 809 g/mol. The molecule has 12 heteroatoms. The van der Waals surface area contributed by atoms with Gasteiger partial charge in [0.25, 0.3) is 5.91 Å². The van der Waals surface area contributed by atoms with Gasteiger partial charge in [-0.2, -0.15) is 0 Å². The maximum absolute atomic E-state index is 14.6. The molecule has 3 aromatic rings. The average Bonchev–Trinajstić information content (AvgIpc) is 3.41. The lowest BCUT2D eigenvalue weighted by Crippen LogP contribution is -2.68. The molecule has 0 aliphatic carbocycles. The Morgan fingerprint density at radius 2 is 0.984 bits per heavy atom. The van der Waals surface area contributed by atoms with Crippen molar-refractivity contribution in [3.05, 3.63) is 106 Å². The van der Waals surface area contributed by atoms with Crippen LogP contribution in [0.15, 0.2) is 72.8 Å². The third-order valence-corrected chi connectivity index (χ3v) is 12.9. The number of rotatable bonds is 14. The number of carbonyl (C=O) groups is 5. The molecule has 0 radical (unpaired) electrons. The lowest BCUT2D eigenvalue weighted by Gasteiger charge is -2.56. The minimum Gasteiger partial charge on any atom is -0.461 e. The van der Waals surface area contributed by atoms with E-state index in [1.807, 2.05) is 48.3 Å². The van der Waals surface area contributed by atoms with Crippen molar-refractivity contribution in [2.24, 2.45) is 0 Å². The molecule has 2 aliphatic rings. The molecule has 2 aliphatic heterocycles. The van der Waals surface area contributed by atoms with E-state index in [2.05, 4.69) is 100 Å². The van der Waals surface area contributed by atoms with Crippen molar-refractivity contribution in [3.63, 3.8) is 0 Å². The van der Waals surface area contributed by atoms with Gasteiger partial charge in [0.2, 0.25) is 0 Å². The Balaban J connectivity index is 1.40. The van der Waals surface area contributed by atoms with Crippen molar-refractivity contribution >= 4 is 29.8 Å². The lowest BCUT2D eigenvalue weighted by atomic mass is 9.69. The van der Waals surface area contributed by atoms with Crippen molar-refractivity contribution in [1.82, 2.24) is 20.0 Å². The summed E-state index contributed by atoms with van der Waals surface area (Å²) in [6.07, 6.45) is -0.230. The Hall–Kier alpha value is -5.07. The van der Waals surface area contributed by atoms with Gasteiger partial charge in [-0.05, 0) is 117 Å². The van der Waals surface area contributed by atoms with Crippen molar-refractivity contribution in [1.29, 1.82) is 0 Å². The molecule has 1 atom stereocenters. The summed E-state index contributed by atoms with van der Waals surface area (Å²) in [7, 11) is 2.03. The largest absolute Gasteiger partial charge is 0.461 e. The zero-order valence-corrected chi connectivity index (χ0v) is 40.8. The fourth-order valence-electron chi connectivity index (χ4n) is 8.84. The Kier molecular flexibility index (Phi) is 14.7. The Morgan fingerprint density at radius 3 is 1.34 bits per heavy atom. The van der Waals surface area contributed by atoms with Gasteiger partial charge in [-0.3, -0.25) is 19.5 Å². The molecule has 0 aromatic heterocycles. The lowest BCUT2D eigenvalue weighted by molar-refractivity contribution is -0.140. The highest BCUT2D eigenvalue weighted by Crippen LogP contribution is 2.45. The topological polar surface area (TPSA) is 135 Å². The molecular formula is C52H72N4O8. The molecule has 64 heavy (non-hydrogen) atoms. The number of hydrogen-bond donors (Lipinski definition) is 1. The van der Waals surface area contributed by atoms with Crippen LogP contribution >= 0.6 is 0 Å². The molecule has 0 bridgehead atoms. The molecule has 3 aromatic carbocycles. The summed E-state index contributed by atoms with van der Waals surface area (Å²) in [6, 6.07) is 21.3.